The van der Waals surface area contributed by atoms with Crippen molar-refractivity contribution in [3.8, 4) is 0 Å². The predicted molar refractivity (Wildman–Crippen MR) is 85.5 cm³/mol. The number of hydrogen-bond donors (Lipinski definition) is 2. The summed E-state index contributed by atoms with van der Waals surface area (Å²) in [7, 11) is 0. The Hall–Kier alpha value is -2.62. The van der Waals surface area contributed by atoms with Gasteiger partial charge in [0.05, 0.1) is 27.6 Å². The topological polar surface area (TPSA) is 67.1 Å². The van der Waals surface area contributed by atoms with Gasteiger partial charge in [0.1, 0.15) is 0 Å². The summed E-state index contributed by atoms with van der Waals surface area (Å²) in [6.45, 7) is 0.863. The number of H-pyrrole nitrogens is 1. The number of nitrogens with two attached hydrogens (primary N) is 1. The van der Waals surface area contributed by atoms with E-state index in [1.165, 1.54) is 5.39 Å². The normalized spacial score (nSPS) is 14.7. The number of aromatic amines is 1. The van der Waals surface area contributed by atoms with Gasteiger partial charge in [-0.3, -0.25) is 4.99 Å². The molecule has 4 heteroatoms. The lowest BCUT2D eigenvalue weighted by Crippen LogP contribution is -2.20. The van der Waals surface area contributed by atoms with Crippen LogP contribution in [0.4, 0.5) is 5.69 Å². The van der Waals surface area contributed by atoms with Crippen molar-refractivity contribution in [2.75, 3.05) is 12.3 Å². The minimum Gasteiger partial charge on any atom is -0.397 e. The number of nitrogens with zero attached hydrogens (tertiary/aromatic N) is 2. The van der Waals surface area contributed by atoms with Crippen LogP contribution in [0.3, 0.4) is 0 Å². The zero-order valence-corrected chi connectivity index (χ0v) is 11.5. The van der Waals surface area contributed by atoms with E-state index >= 15 is 0 Å². The summed E-state index contributed by atoms with van der Waals surface area (Å²) in [6, 6.07) is 8.24. The minimum absolute atomic E-state index is 0.841. The largest absolute Gasteiger partial charge is 0.397 e. The molecule has 1 aliphatic rings. The predicted octanol–water partition coefficient (Wildman–Crippen LogP) is 2.74. The number of nitrogen functional groups attached to an aromatic ring is 1. The highest BCUT2D eigenvalue weighted by molar-refractivity contribution is 6.21. The molecule has 0 spiro atoms. The molecule has 3 heterocycles. The fourth-order valence-corrected chi connectivity index (χ4v) is 3.53. The summed E-state index contributed by atoms with van der Waals surface area (Å²) < 4.78 is 0. The number of pyridine rings is 1. The second-order valence-electron chi connectivity index (χ2n) is 5.66. The van der Waals surface area contributed by atoms with E-state index in [1.807, 2.05) is 18.3 Å². The molecule has 2 aromatic heterocycles. The summed E-state index contributed by atoms with van der Waals surface area (Å²) in [4.78, 5) is 13.0. The number of hydrogen-bond acceptors (Lipinski definition) is 3. The molecule has 102 valence electrons. The van der Waals surface area contributed by atoms with Crippen LogP contribution in [0, 0.1) is 0 Å². The first-order valence-corrected chi connectivity index (χ1v) is 7.28. The van der Waals surface area contributed by atoms with Crippen molar-refractivity contribution in [1.29, 1.82) is 0 Å². The number of anilines is 1. The second-order valence-corrected chi connectivity index (χ2v) is 5.66. The number of fused-ring (bicyclic) bond motifs is 4. The van der Waals surface area contributed by atoms with Crippen LogP contribution in [0.5, 0.6) is 0 Å². The molecule has 0 aliphatic carbocycles. The van der Waals surface area contributed by atoms with Crippen LogP contribution >= 0.6 is 0 Å². The lowest BCUT2D eigenvalue weighted by Gasteiger charge is -2.14. The Kier molecular flexibility index (Phi) is 1.97. The molecular formula is C17H14N4. The Morgan fingerprint density at radius 2 is 2.05 bits per heavy atom. The van der Waals surface area contributed by atoms with Gasteiger partial charge in [-0.2, -0.15) is 0 Å². The van der Waals surface area contributed by atoms with Gasteiger partial charge in [0.25, 0.3) is 0 Å². The first-order chi connectivity index (χ1) is 10.3. The Balaban J connectivity index is 2.17. The van der Waals surface area contributed by atoms with Gasteiger partial charge >= 0.3 is 0 Å². The summed E-state index contributed by atoms with van der Waals surface area (Å²) in [5, 5.41) is 4.46. The number of aromatic nitrogens is 2. The molecule has 0 bridgehead atoms. The lowest BCUT2D eigenvalue weighted by molar-refractivity contribution is 0.775. The third kappa shape index (κ3) is 1.29. The molecule has 3 N–H and O–H groups in total. The molecule has 2 aromatic carbocycles. The minimum atomic E-state index is 0.841. The highest BCUT2D eigenvalue weighted by Gasteiger charge is 2.19. The van der Waals surface area contributed by atoms with E-state index in [1.54, 1.807) is 0 Å². The molecule has 0 unspecified atom stereocenters. The molecule has 1 aliphatic heterocycles. The van der Waals surface area contributed by atoms with Gasteiger partial charge in [-0.15, -0.1) is 0 Å². The monoisotopic (exact) mass is 274 g/mol. The second kappa shape index (κ2) is 3.73. The van der Waals surface area contributed by atoms with E-state index < -0.39 is 0 Å². The molecule has 4 nitrogen and oxygen atoms in total. The van der Waals surface area contributed by atoms with E-state index in [2.05, 4.69) is 17.1 Å². The van der Waals surface area contributed by atoms with Crippen LogP contribution in [0.2, 0.25) is 0 Å². The highest BCUT2D eigenvalue weighted by atomic mass is 14.8. The zero-order valence-electron chi connectivity index (χ0n) is 11.5. The van der Waals surface area contributed by atoms with Crippen molar-refractivity contribution in [3.05, 3.63) is 41.4 Å². The van der Waals surface area contributed by atoms with Crippen molar-refractivity contribution < 1.29 is 0 Å². The van der Waals surface area contributed by atoms with E-state index in [9.17, 15) is 0 Å². The van der Waals surface area contributed by atoms with Crippen molar-refractivity contribution in [2.24, 2.45) is 4.99 Å². The molecule has 0 radical (unpaired) electrons. The number of rotatable bonds is 0. The molecule has 4 aromatic rings. The fourth-order valence-electron chi connectivity index (χ4n) is 3.53. The zero-order chi connectivity index (χ0) is 14.0. The van der Waals surface area contributed by atoms with Crippen LogP contribution in [-0.4, -0.2) is 16.5 Å². The molecular weight excluding hydrogens is 260 g/mol. The Morgan fingerprint density at radius 3 is 3.00 bits per heavy atom. The van der Waals surface area contributed by atoms with E-state index in [0.29, 0.717) is 0 Å². The van der Waals surface area contributed by atoms with E-state index in [0.717, 1.165) is 63.3 Å². The van der Waals surface area contributed by atoms with Gasteiger partial charge < -0.3 is 10.7 Å². The summed E-state index contributed by atoms with van der Waals surface area (Å²) in [6.07, 6.45) is 4.09. The average molecular weight is 274 g/mol. The quantitative estimate of drug-likeness (QED) is 0.382. The van der Waals surface area contributed by atoms with Crippen molar-refractivity contribution in [2.45, 2.75) is 12.8 Å². The summed E-state index contributed by atoms with van der Waals surface area (Å²) >= 11 is 0. The van der Waals surface area contributed by atoms with Crippen molar-refractivity contribution >= 4 is 38.4 Å². The molecule has 0 amide bonds. The van der Waals surface area contributed by atoms with Gasteiger partial charge in [0.15, 0.2) is 0 Å². The lowest BCUT2D eigenvalue weighted by atomic mass is 9.98. The smallest absolute Gasteiger partial charge is 0.0993 e. The fraction of sp³-hybridized carbons (Fsp3) is 0.176. The Morgan fingerprint density at radius 1 is 1.14 bits per heavy atom. The van der Waals surface area contributed by atoms with Crippen molar-refractivity contribution in [3.63, 3.8) is 0 Å². The first-order valence-electron chi connectivity index (χ1n) is 7.28. The first kappa shape index (κ1) is 11.1. The van der Waals surface area contributed by atoms with Gasteiger partial charge in [-0.1, -0.05) is 18.2 Å². The average Bonchev–Trinajstić information content (AvgIpc) is 2.98. The van der Waals surface area contributed by atoms with Gasteiger partial charge in [-0.05, 0) is 18.9 Å². The standard InChI is InChI=1S/C17H14N4/c18-14-10-5-3-7-19-15(10)17-13-11(8-20-16(13)14)9-4-1-2-6-12(9)21-17/h1-2,4,6,8,20H,3,5,7,18H2. The SMILES string of the molecule is Nc1c2c(c3nc4ccccc4c4c[nH]c1c34)=NCCC2. The van der Waals surface area contributed by atoms with Crippen LogP contribution in [0.15, 0.2) is 35.5 Å². The summed E-state index contributed by atoms with van der Waals surface area (Å²) in [5.74, 6) is 0. The van der Waals surface area contributed by atoms with Crippen LogP contribution in [0.1, 0.15) is 12.0 Å². The van der Waals surface area contributed by atoms with Crippen LogP contribution in [-0.2, 0) is 6.42 Å². The van der Waals surface area contributed by atoms with Gasteiger partial charge in [0, 0.05) is 34.5 Å². The Labute approximate surface area is 120 Å². The van der Waals surface area contributed by atoms with Crippen LogP contribution < -0.4 is 11.1 Å². The molecule has 0 saturated heterocycles. The maximum absolute atomic E-state index is 6.39. The Bertz CT molecular complexity index is 1070. The maximum atomic E-state index is 6.39. The third-order valence-corrected chi connectivity index (χ3v) is 4.50. The van der Waals surface area contributed by atoms with Gasteiger partial charge in [0.2, 0.25) is 0 Å². The van der Waals surface area contributed by atoms with Crippen LogP contribution in [0.25, 0.3) is 32.7 Å². The number of benzene rings is 2. The third-order valence-electron chi connectivity index (χ3n) is 4.50. The molecule has 0 saturated carbocycles. The molecule has 5 rings (SSSR count). The number of para-hydroxylation sites is 1. The van der Waals surface area contributed by atoms with Crippen molar-refractivity contribution in [1.82, 2.24) is 9.97 Å². The number of nitrogens with one attached hydrogen (secondary N) is 1. The molecule has 0 fully saturated rings. The maximum Gasteiger partial charge on any atom is 0.0993 e. The summed E-state index contributed by atoms with van der Waals surface area (Å²) in [5.41, 5.74) is 11.4. The van der Waals surface area contributed by atoms with Gasteiger partial charge in [-0.25, -0.2) is 4.98 Å². The molecule has 21 heavy (non-hydrogen) atoms. The van der Waals surface area contributed by atoms with E-state index in [-0.39, 0.29) is 0 Å². The van der Waals surface area contributed by atoms with E-state index in [4.69, 9.17) is 15.7 Å². The molecule has 0 atom stereocenters. The highest BCUT2D eigenvalue weighted by Crippen LogP contribution is 2.34.